The molecular formula is C15H25NO4. The molecule has 2 unspecified atom stereocenters. The lowest BCUT2D eigenvalue weighted by Crippen LogP contribution is -2.27. The van der Waals surface area contributed by atoms with E-state index in [-0.39, 0.29) is 6.10 Å². The van der Waals surface area contributed by atoms with E-state index in [0.717, 1.165) is 12.1 Å². The van der Waals surface area contributed by atoms with Crippen LogP contribution in [0.3, 0.4) is 0 Å². The highest BCUT2D eigenvalue weighted by Crippen LogP contribution is 2.32. The molecule has 0 fully saturated rings. The lowest BCUT2D eigenvalue weighted by Gasteiger charge is -2.21. The van der Waals surface area contributed by atoms with Gasteiger partial charge in [-0.25, -0.2) is 0 Å². The molecule has 0 aliphatic heterocycles. The third-order valence-electron chi connectivity index (χ3n) is 3.06. The van der Waals surface area contributed by atoms with Crippen LogP contribution in [0, 0.1) is 0 Å². The minimum Gasteiger partial charge on any atom is -0.493 e. The average Bonchev–Trinajstić information content (AvgIpc) is 2.44. The predicted octanol–water partition coefficient (Wildman–Crippen LogP) is 1.58. The van der Waals surface area contributed by atoms with Crippen molar-refractivity contribution in [1.29, 1.82) is 0 Å². The molecule has 2 atom stereocenters. The first-order valence-electron chi connectivity index (χ1n) is 6.80. The molecule has 1 aromatic rings. The normalized spacial score (nSPS) is 13.8. The van der Waals surface area contributed by atoms with Gasteiger partial charge in [-0.3, -0.25) is 0 Å². The molecule has 114 valence electrons. The zero-order chi connectivity index (χ0) is 15.0. The molecule has 20 heavy (non-hydrogen) atoms. The fourth-order valence-electron chi connectivity index (χ4n) is 1.68. The van der Waals surface area contributed by atoms with Crippen LogP contribution in [0.2, 0.25) is 0 Å². The summed E-state index contributed by atoms with van der Waals surface area (Å²) in [6.45, 7) is 5.61. The van der Waals surface area contributed by atoms with Crippen molar-refractivity contribution in [3.63, 3.8) is 0 Å². The van der Waals surface area contributed by atoms with E-state index in [9.17, 15) is 5.11 Å². The molecule has 5 nitrogen and oxygen atoms in total. The van der Waals surface area contributed by atoms with E-state index in [4.69, 9.17) is 14.2 Å². The van der Waals surface area contributed by atoms with Gasteiger partial charge in [0.15, 0.2) is 11.5 Å². The Morgan fingerprint density at radius 1 is 1.25 bits per heavy atom. The smallest absolute Gasteiger partial charge is 0.166 e. The Labute approximate surface area is 120 Å². The lowest BCUT2D eigenvalue weighted by molar-refractivity contribution is 0.0579. The third kappa shape index (κ3) is 5.00. The van der Waals surface area contributed by atoms with Crippen molar-refractivity contribution in [3.8, 4) is 11.5 Å². The van der Waals surface area contributed by atoms with Crippen LogP contribution in [0.1, 0.15) is 19.4 Å². The molecule has 2 N–H and O–H groups in total. The van der Waals surface area contributed by atoms with Gasteiger partial charge in [0, 0.05) is 25.8 Å². The van der Waals surface area contributed by atoms with Gasteiger partial charge in [-0.15, -0.1) is 0 Å². The van der Waals surface area contributed by atoms with Crippen molar-refractivity contribution in [2.45, 2.75) is 32.6 Å². The molecule has 1 aromatic carbocycles. The van der Waals surface area contributed by atoms with Gasteiger partial charge in [-0.2, -0.15) is 0 Å². The number of methoxy groups -OCH3 is 2. The summed E-state index contributed by atoms with van der Waals surface area (Å²) in [5.74, 6) is 1.34. The second-order valence-electron chi connectivity index (χ2n) is 4.68. The average molecular weight is 283 g/mol. The number of nitrogens with one attached hydrogen (secondary N) is 1. The fraction of sp³-hybridized carbons (Fsp3) is 0.600. The molecule has 0 aliphatic carbocycles. The largest absolute Gasteiger partial charge is 0.493 e. The van der Waals surface area contributed by atoms with Crippen molar-refractivity contribution in [1.82, 2.24) is 5.32 Å². The second kappa shape index (κ2) is 8.79. The second-order valence-corrected chi connectivity index (χ2v) is 4.68. The van der Waals surface area contributed by atoms with E-state index in [1.807, 2.05) is 25.1 Å². The van der Waals surface area contributed by atoms with E-state index in [1.54, 1.807) is 21.1 Å². The Morgan fingerprint density at radius 3 is 2.60 bits per heavy atom. The minimum atomic E-state index is -0.547. The fourth-order valence-corrected chi connectivity index (χ4v) is 1.68. The van der Waals surface area contributed by atoms with Crippen LogP contribution in [0.5, 0.6) is 11.5 Å². The first-order chi connectivity index (χ1) is 9.60. The summed E-state index contributed by atoms with van der Waals surface area (Å²) < 4.78 is 16.2. The summed E-state index contributed by atoms with van der Waals surface area (Å²) in [5.41, 5.74) is 0.993. The Morgan fingerprint density at radius 2 is 2.00 bits per heavy atom. The minimum absolute atomic E-state index is 0.302. The molecule has 5 heteroatoms. The molecule has 0 bridgehead atoms. The zero-order valence-electron chi connectivity index (χ0n) is 12.7. The van der Waals surface area contributed by atoms with Crippen molar-refractivity contribution >= 4 is 0 Å². The monoisotopic (exact) mass is 283 g/mol. The Bertz CT molecular complexity index is 395. The summed E-state index contributed by atoms with van der Waals surface area (Å²) in [6.07, 6.45) is -0.849. The highest BCUT2D eigenvalue weighted by Gasteiger charge is 2.16. The summed E-state index contributed by atoms with van der Waals surface area (Å²) in [4.78, 5) is 0. The Kier molecular flexibility index (Phi) is 7.36. The molecule has 0 saturated carbocycles. The van der Waals surface area contributed by atoms with Crippen LogP contribution in [0.25, 0.3) is 0 Å². The molecule has 1 rings (SSSR count). The molecule has 0 saturated heterocycles. The van der Waals surface area contributed by atoms with E-state index in [1.165, 1.54) is 0 Å². The van der Waals surface area contributed by atoms with Gasteiger partial charge in [0.05, 0.1) is 19.8 Å². The summed E-state index contributed by atoms with van der Waals surface area (Å²) in [7, 11) is 3.28. The van der Waals surface area contributed by atoms with Crippen LogP contribution in [0.15, 0.2) is 18.2 Å². The van der Waals surface area contributed by atoms with Crippen LogP contribution in [-0.2, 0) is 11.3 Å². The summed E-state index contributed by atoms with van der Waals surface area (Å²) in [5, 5.41) is 12.9. The number of ether oxygens (including phenoxy) is 3. The van der Waals surface area contributed by atoms with Crippen LogP contribution < -0.4 is 14.8 Å². The number of hydrogen-bond acceptors (Lipinski definition) is 5. The SMILES string of the molecule is COCCNCc1cccc(OC)c1OC(C)C(C)O. The van der Waals surface area contributed by atoms with Crippen LogP contribution in [-0.4, -0.2) is 44.7 Å². The number of aliphatic hydroxyl groups excluding tert-OH is 1. The van der Waals surface area contributed by atoms with Gasteiger partial charge in [0.2, 0.25) is 0 Å². The molecule has 0 aliphatic rings. The Balaban J connectivity index is 2.81. The molecule has 0 radical (unpaired) electrons. The van der Waals surface area contributed by atoms with Crippen LogP contribution in [0.4, 0.5) is 0 Å². The quantitative estimate of drug-likeness (QED) is 0.674. The Hall–Kier alpha value is -1.30. The van der Waals surface area contributed by atoms with Gasteiger partial charge >= 0.3 is 0 Å². The van der Waals surface area contributed by atoms with Gasteiger partial charge in [0.25, 0.3) is 0 Å². The number of para-hydroxylation sites is 1. The van der Waals surface area contributed by atoms with E-state index < -0.39 is 6.10 Å². The zero-order valence-corrected chi connectivity index (χ0v) is 12.7. The van der Waals surface area contributed by atoms with Gasteiger partial charge in [0.1, 0.15) is 6.10 Å². The van der Waals surface area contributed by atoms with Gasteiger partial charge in [-0.1, -0.05) is 12.1 Å². The topological polar surface area (TPSA) is 60.0 Å². The molecule has 0 spiro atoms. The first kappa shape index (κ1) is 16.8. The molecule has 0 aromatic heterocycles. The lowest BCUT2D eigenvalue weighted by atomic mass is 10.1. The maximum absolute atomic E-state index is 9.58. The molecule has 0 amide bonds. The maximum atomic E-state index is 9.58. The van der Waals surface area contributed by atoms with Gasteiger partial charge in [-0.05, 0) is 19.9 Å². The third-order valence-corrected chi connectivity index (χ3v) is 3.06. The number of aliphatic hydroxyl groups is 1. The highest BCUT2D eigenvalue weighted by molar-refractivity contribution is 5.46. The number of hydrogen-bond donors (Lipinski definition) is 2. The van der Waals surface area contributed by atoms with Crippen molar-refractivity contribution < 1.29 is 19.3 Å². The van der Waals surface area contributed by atoms with E-state index in [0.29, 0.717) is 24.7 Å². The standard InChI is InChI=1S/C15H25NO4/c1-11(17)12(2)20-15-13(10-16-8-9-18-3)6-5-7-14(15)19-4/h5-7,11-12,16-17H,8-10H2,1-4H3. The first-order valence-corrected chi connectivity index (χ1v) is 6.80. The summed E-state index contributed by atoms with van der Waals surface area (Å²) >= 11 is 0. The maximum Gasteiger partial charge on any atom is 0.166 e. The van der Waals surface area contributed by atoms with Gasteiger partial charge < -0.3 is 24.6 Å². The molecular weight excluding hydrogens is 258 g/mol. The van der Waals surface area contributed by atoms with E-state index >= 15 is 0 Å². The van der Waals surface area contributed by atoms with Crippen molar-refractivity contribution in [2.24, 2.45) is 0 Å². The van der Waals surface area contributed by atoms with E-state index in [2.05, 4.69) is 5.32 Å². The van der Waals surface area contributed by atoms with Crippen molar-refractivity contribution in [3.05, 3.63) is 23.8 Å². The van der Waals surface area contributed by atoms with Crippen molar-refractivity contribution in [2.75, 3.05) is 27.4 Å². The number of benzene rings is 1. The van der Waals surface area contributed by atoms with Crippen LogP contribution >= 0.6 is 0 Å². The summed E-state index contributed by atoms with van der Waals surface area (Å²) in [6, 6.07) is 5.75. The predicted molar refractivity (Wildman–Crippen MR) is 78.3 cm³/mol. The number of rotatable bonds is 9. The molecule has 0 heterocycles. The highest BCUT2D eigenvalue weighted by atomic mass is 16.5.